The smallest absolute Gasteiger partial charge is 0.378 e. The number of aromatic nitrogens is 2. The number of rotatable bonds is 4. The fourth-order valence-corrected chi connectivity index (χ4v) is 4.96. The van der Waals surface area contributed by atoms with Crippen LogP contribution in [0.1, 0.15) is 16.7 Å². The van der Waals surface area contributed by atoms with E-state index in [0.717, 1.165) is 17.0 Å². The van der Waals surface area contributed by atoms with Crippen molar-refractivity contribution in [2.24, 2.45) is 4.99 Å². The van der Waals surface area contributed by atoms with Crippen molar-refractivity contribution in [3.63, 3.8) is 0 Å². The lowest BCUT2D eigenvalue weighted by molar-refractivity contribution is -0.138. The molecule has 1 fully saturated rings. The average molecular weight is 507 g/mol. The number of halogens is 4. The Bertz CT molecular complexity index is 1350. The van der Waals surface area contributed by atoms with Crippen molar-refractivity contribution in [2.75, 3.05) is 20.2 Å². The number of amides is 1. The Morgan fingerprint density at radius 3 is 2.76 bits per heavy atom. The van der Waals surface area contributed by atoms with Crippen LogP contribution < -0.4 is 0 Å². The largest absolute Gasteiger partial charge is 0.416 e. The molecule has 1 aromatic heterocycles. The summed E-state index contributed by atoms with van der Waals surface area (Å²) in [6.07, 6.45) is -1.01. The molecular formula is C23H18ClF3N4O2S. The first-order chi connectivity index (χ1) is 16.2. The number of carbonyl (C=O) groups excluding carboxylic acids is 1. The van der Waals surface area contributed by atoms with E-state index in [2.05, 4.69) is 10.1 Å². The van der Waals surface area contributed by atoms with Crippen LogP contribution in [0.3, 0.4) is 0 Å². The van der Waals surface area contributed by atoms with Crippen LogP contribution >= 0.6 is 23.4 Å². The molecule has 6 nitrogen and oxygen atoms in total. The number of alkyl halides is 3. The van der Waals surface area contributed by atoms with Gasteiger partial charge in [-0.2, -0.15) is 23.3 Å². The predicted molar refractivity (Wildman–Crippen MR) is 126 cm³/mol. The normalized spacial score (nSPS) is 18.1. The molecule has 34 heavy (non-hydrogen) atoms. The molecule has 0 aliphatic carbocycles. The number of thioether (sulfide) groups is 1. The summed E-state index contributed by atoms with van der Waals surface area (Å²) in [6.45, 7) is 1.36. The van der Waals surface area contributed by atoms with Crippen LogP contribution in [0.5, 0.6) is 0 Å². The molecule has 0 spiro atoms. The zero-order chi connectivity index (χ0) is 24.0. The molecular weight excluding hydrogens is 489 g/mol. The Hall–Kier alpha value is -2.82. The van der Waals surface area contributed by atoms with Crippen molar-refractivity contribution in [3.05, 3.63) is 69.2 Å². The molecule has 0 radical (unpaired) electrons. The fraction of sp³-hybridized carbons (Fsp3) is 0.261. The van der Waals surface area contributed by atoms with E-state index in [1.165, 1.54) is 28.6 Å². The summed E-state index contributed by atoms with van der Waals surface area (Å²) in [6, 6.07) is 9.15. The average Bonchev–Trinajstić information content (AvgIpc) is 3.31. The molecule has 0 atom stereocenters. The van der Waals surface area contributed by atoms with Gasteiger partial charge in [-0.25, -0.2) is 0 Å². The molecule has 0 unspecified atom stereocenters. The highest BCUT2D eigenvalue weighted by atomic mass is 35.5. The zero-order valence-electron chi connectivity index (χ0n) is 17.8. The molecule has 176 valence electrons. The maximum absolute atomic E-state index is 13.4. The Labute approximate surface area is 202 Å². The monoisotopic (exact) mass is 506 g/mol. The zero-order valence-corrected chi connectivity index (χ0v) is 19.4. The number of carbonyl (C=O) groups is 1. The van der Waals surface area contributed by atoms with E-state index in [9.17, 15) is 18.0 Å². The van der Waals surface area contributed by atoms with E-state index in [4.69, 9.17) is 16.3 Å². The number of likely N-dealkylation sites (tertiary alicyclic amines) is 1. The second kappa shape index (κ2) is 8.75. The minimum atomic E-state index is -4.52. The first-order valence-corrected chi connectivity index (χ1v) is 11.5. The van der Waals surface area contributed by atoms with E-state index >= 15 is 0 Å². The molecule has 3 heterocycles. The number of fused-ring (bicyclic) bond motifs is 1. The molecule has 11 heteroatoms. The highest BCUT2D eigenvalue weighted by molar-refractivity contribution is 8.18. The molecule has 3 aromatic rings. The first kappa shape index (κ1) is 22.9. The van der Waals surface area contributed by atoms with Gasteiger partial charge in [0.2, 0.25) is 0 Å². The third-order valence-corrected chi connectivity index (χ3v) is 7.00. The van der Waals surface area contributed by atoms with Crippen molar-refractivity contribution in [1.82, 2.24) is 14.7 Å². The van der Waals surface area contributed by atoms with Crippen molar-refractivity contribution < 1.29 is 22.7 Å². The SMILES string of the molecule is COC1CN(C2=NC(=O)/C(=C/c3ccc4c(cnn4Cc4ccc(Cl)cc4C(F)(F)F)c3)S2)C1. The van der Waals surface area contributed by atoms with Crippen LogP contribution in [0.15, 0.2) is 52.5 Å². The molecule has 0 saturated carbocycles. The van der Waals surface area contributed by atoms with Gasteiger partial charge in [0.1, 0.15) is 0 Å². The van der Waals surface area contributed by atoms with E-state index in [1.54, 1.807) is 31.5 Å². The second-order valence-electron chi connectivity index (χ2n) is 7.99. The lowest BCUT2D eigenvalue weighted by atomic mass is 10.1. The molecule has 2 aliphatic rings. The Balaban J connectivity index is 1.36. The molecule has 0 bridgehead atoms. The minimum absolute atomic E-state index is 0.0261. The topological polar surface area (TPSA) is 59.7 Å². The lowest BCUT2D eigenvalue weighted by Crippen LogP contribution is -2.53. The summed E-state index contributed by atoms with van der Waals surface area (Å²) in [4.78, 5) is 19.0. The fourth-order valence-electron chi connectivity index (χ4n) is 3.86. The van der Waals surface area contributed by atoms with Crippen molar-refractivity contribution in [3.8, 4) is 0 Å². The third kappa shape index (κ3) is 4.45. The van der Waals surface area contributed by atoms with Crippen LogP contribution in [-0.2, 0) is 22.3 Å². The number of hydrogen-bond donors (Lipinski definition) is 0. The Kier molecular flexibility index (Phi) is 5.91. The number of amidine groups is 1. The lowest BCUT2D eigenvalue weighted by Gasteiger charge is -2.38. The van der Waals surface area contributed by atoms with Gasteiger partial charge in [0.15, 0.2) is 5.17 Å². The van der Waals surface area contributed by atoms with Crippen LogP contribution in [0.4, 0.5) is 13.2 Å². The maximum Gasteiger partial charge on any atom is 0.416 e. The van der Waals surface area contributed by atoms with Crippen LogP contribution in [0.25, 0.3) is 17.0 Å². The second-order valence-corrected chi connectivity index (χ2v) is 9.44. The van der Waals surface area contributed by atoms with Gasteiger partial charge in [-0.3, -0.25) is 9.48 Å². The third-order valence-electron chi connectivity index (χ3n) is 5.72. The van der Waals surface area contributed by atoms with Crippen molar-refractivity contribution in [2.45, 2.75) is 18.8 Å². The van der Waals surface area contributed by atoms with Crippen molar-refractivity contribution in [1.29, 1.82) is 0 Å². The van der Waals surface area contributed by atoms with Gasteiger partial charge < -0.3 is 9.64 Å². The molecule has 1 amide bonds. The van der Waals surface area contributed by atoms with Gasteiger partial charge in [-0.15, -0.1) is 0 Å². The minimum Gasteiger partial charge on any atom is -0.378 e. The summed E-state index contributed by atoms with van der Waals surface area (Å²) >= 11 is 7.10. The molecule has 5 rings (SSSR count). The van der Waals surface area contributed by atoms with Crippen LogP contribution in [0, 0.1) is 0 Å². The summed E-state index contributed by atoms with van der Waals surface area (Å²) in [5.41, 5.74) is 0.753. The summed E-state index contributed by atoms with van der Waals surface area (Å²) in [5, 5.41) is 5.72. The number of nitrogens with zero attached hydrogens (tertiary/aromatic N) is 4. The summed E-state index contributed by atoms with van der Waals surface area (Å²) in [5.74, 6) is -0.293. The number of hydrogen-bond acceptors (Lipinski definition) is 5. The van der Waals surface area contributed by atoms with Gasteiger partial charge in [-0.1, -0.05) is 23.7 Å². The van der Waals surface area contributed by atoms with Crippen LogP contribution in [0.2, 0.25) is 5.02 Å². The van der Waals surface area contributed by atoms with Gasteiger partial charge in [0.25, 0.3) is 5.91 Å². The molecule has 2 aliphatic heterocycles. The Morgan fingerprint density at radius 1 is 1.24 bits per heavy atom. The van der Waals surface area contributed by atoms with Gasteiger partial charge in [0.05, 0.1) is 34.8 Å². The summed E-state index contributed by atoms with van der Waals surface area (Å²) < 4.78 is 47.1. The predicted octanol–water partition coefficient (Wildman–Crippen LogP) is 5.06. The Morgan fingerprint density at radius 2 is 2.03 bits per heavy atom. The quantitative estimate of drug-likeness (QED) is 0.463. The highest BCUT2D eigenvalue weighted by Gasteiger charge is 2.35. The summed E-state index contributed by atoms with van der Waals surface area (Å²) in [7, 11) is 1.66. The van der Waals surface area contributed by atoms with E-state index in [-0.39, 0.29) is 29.1 Å². The van der Waals surface area contributed by atoms with Gasteiger partial charge in [0, 0.05) is 30.6 Å². The highest BCUT2D eigenvalue weighted by Crippen LogP contribution is 2.35. The first-order valence-electron chi connectivity index (χ1n) is 10.3. The van der Waals surface area contributed by atoms with E-state index in [0.29, 0.717) is 28.7 Å². The van der Waals surface area contributed by atoms with Crippen molar-refractivity contribution >= 4 is 51.4 Å². The van der Waals surface area contributed by atoms with E-state index < -0.39 is 11.7 Å². The van der Waals surface area contributed by atoms with Gasteiger partial charge in [-0.05, 0) is 53.2 Å². The standard InChI is InChI=1S/C23H18ClF3N4O2S/c1-33-17-11-30(12-17)22-29-21(32)20(34-22)7-13-2-5-19-15(6-13)9-28-31(19)10-14-3-4-16(24)8-18(14)23(25,26)27/h2-9,17H,10-12H2,1H3/b20-7-. The van der Waals surface area contributed by atoms with Crippen LogP contribution in [-0.4, -0.2) is 52.1 Å². The van der Waals surface area contributed by atoms with E-state index in [1.807, 2.05) is 11.0 Å². The molecule has 2 aromatic carbocycles. The van der Waals surface area contributed by atoms with Gasteiger partial charge >= 0.3 is 6.18 Å². The molecule has 0 N–H and O–H groups in total. The number of methoxy groups -OCH3 is 1. The maximum atomic E-state index is 13.4. The number of benzene rings is 2. The number of ether oxygens (including phenoxy) is 1. The number of aliphatic imine (C=N–C) groups is 1. The molecule has 1 saturated heterocycles.